The maximum absolute atomic E-state index is 11.9. The van der Waals surface area contributed by atoms with Crippen LogP contribution in [0.25, 0.3) is 0 Å². The highest BCUT2D eigenvalue weighted by Crippen LogP contribution is 2.43. The van der Waals surface area contributed by atoms with Crippen LogP contribution in [-0.2, 0) is 16.8 Å². The maximum Gasteiger partial charge on any atom is 0.177 e. The number of fused-ring (bicyclic) bond motifs is 1. The second-order valence-electron chi connectivity index (χ2n) is 5.37. The van der Waals surface area contributed by atoms with Crippen molar-refractivity contribution in [2.75, 3.05) is 19.0 Å². The van der Waals surface area contributed by atoms with E-state index >= 15 is 0 Å². The van der Waals surface area contributed by atoms with E-state index in [1.54, 1.807) is 31.3 Å². The molecule has 5 nitrogen and oxygen atoms in total. The molecule has 1 aliphatic rings. The van der Waals surface area contributed by atoms with E-state index in [9.17, 15) is 15.0 Å². The second kappa shape index (κ2) is 5.86. The Labute approximate surface area is 142 Å². The van der Waals surface area contributed by atoms with Crippen molar-refractivity contribution in [3.8, 4) is 11.5 Å². The molecule has 6 heteroatoms. The molecule has 0 saturated carbocycles. The fourth-order valence-electron chi connectivity index (χ4n) is 2.90. The van der Waals surface area contributed by atoms with E-state index in [1.165, 1.54) is 6.07 Å². The van der Waals surface area contributed by atoms with Crippen LogP contribution in [0.15, 0.2) is 34.8 Å². The van der Waals surface area contributed by atoms with Crippen molar-refractivity contribution in [3.63, 3.8) is 0 Å². The summed E-state index contributed by atoms with van der Waals surface area (Å²) >= 11 is 3.38. The number of phenols is 1. The molecule has 2 aromatic carbocycles. The molecule has 0 aromatic heterocycles. The minimum atomic E-state index is -1.99. The molecule has 0 bridgehead atoms. The molecule has 0 amide bonds. The Morgan fingerprint density at radius 2 is 2.17 bits per heavy atom. The van der Waals surface area contributed by atoms with Crippen LogP contribution < -0.4 is 10.1 Å². The number of halogens is 1. The Kier molecular flexibility index (Phi) is 4.04. The van der Waals surface area contributed by atoms with Gasteiger partial charge in [0.15, 0.2) is 11.9 Å². The van der Waals surface area contributed by atoms with Crippen molar-refractivity contribution in [1.82, 2.24) is 0 Å². The molecule has 0 fully saturated rings. The maximum atomic E-state index is 11.9. The van der Waals surface area contributed by atoms with E-state index < -0.39 is 5.60 Å². The van der Waals surface area contributed by atoms with Crippen molar-refractivity contribution in [2.24, 2.45) is 0 Å². The van der Waals surface area contributed by atoms with Gasteiger partial charge in [-0.25, -0.2) is 0 Å². The van der Waals surface area contributed by atoms with Crippen LogP contribution in [-0.4, -0.2) is 30.2 Å². The quantitative estimate of drug-likeness (QED) is 0.713. The molecule has 0 saturated heterocycles. The van der Waals surface area contributed by atoms with E-state index in [0.29, 0.717) is 40.8 Å². The highest BCUT2D eigenvalue weighted by Gasteiger charge is 2.38. The van der Waals surface area contributed by atoms with Crippen LogP contribution in [0.2, 0.25) is 0 Å². The van der Waals surface area contributed by atoms with Gasteiger partial charge in [-0.2, -0.15) is 0 Å². The average Bonchev–Trinajstić information content (AvgIpc) is 3.00. The SMILES string of the molecule is CNc1cccc(Br)c1C(O)(C=O)c1cc2c(cc1O)OCC2. The number of rotatable bonds is 4. The third-order valence-electron chi connectivity index (χ3n) is 4.05. The molecule has 0 aliphatic carbocycles. The average molecular weight is 378 g/mol. The summed E-state index contributed by atoms with van der Waals surface area (Å²) in [6.07, 6.45) is 1.11. The third-order valence-corrected chi connectivity index (χ3v) is 4.71. The summed E-state index contributed by atoms with van der Waals surface area (Å²) in [6, 6.07) is 8.36. The molecule has 1 unspecified atom stereocenters. The fourth-order valence-corrected chi connectivity index (χ4v) is 3.57. The molecular weight excluding hydrogens is 362 g/mol. The van der Waals surface area contributed by atoms with Crippen LogP contribution in [0.5, 0.6) is 11.5 Å². The number of aldehydes is 1. The number of benzene rings is 2. The number of hydrogen-bond acceptors (Lipinski definition) is 5. The summed E-state index contributed by atoms with van der Waals surface area (Å²) in [5, 5.41) is 24.4. The van der Waals surface area contributed by atoms with Crippen LogP contribution >= 0.6 is 15.9 Å². The van der Waals surface area contributed by atoms with Crippen LogP contribution in [0.1, 0.15) is 16.7 Å². The van der Waals surface area contributed by atoms with Crippen molar-refractivity contribution in [2.45, 2.75) is 12.0 Å². The molecule has 3 N–H and O–H groups in total. The number of carbonyl (C=O) groups excluding carboxylic acids is 1. The molecule has 0 radical (unpaired) electrons. The van der Waals surface area contributed by atoms with E-state index in [1.807, 2.05) is 0 Å². The predicted molar refractivity (Wildman–Crippen MR) is 90.1 cm³/mol. The van der Waals surface area contributed by atoms with E-state index in [-0.39, 0.29) is 11.3 Å². The van der Waals surface area contributed by atoms with Gasteiger partial charge in [-0.1, -0.05) is 22.0 Å². The van der Waals surface area contributed by atoms with Crippen molar-refractivity contribution in [1.29, 1.82) is 0 Å². The molecule has 3 rings (SSSR count). The van der Waals surface area contributed by atoms with E-state index in [0.717, 1.165) is 5.56 Å². The number of aliphatic hydroxyl groups is 1. The summed E-state index contributed by atoms with van der Waals surface area (Å²) in [6.45, 7) is 0.522. The van der Waals surface area contributed by atoms with Crippen LogP contribution in [0, 0.1) is 0 Å². The van der Waals surface area contributed by atoms with Crippen LogP contribution in [0.4, 0.5) is 5.69 Å². The first-order valence-corrected chi connectivity index (χ1v) is 7.95. The fraction of sp³-hybridized carbons (Fsp3) is 0.235. The number of aromatic hydroxyl groups is 1. The Balaban J connectivity index is 2.25. The van der Waals surface area contributed by atoms with Gasteiger partial charge in [-0.05, 0) is 23.8 Å². The van der Waals surface area contributed by atoms with Crippen molar-refractivity contribution in [3.05, 3.63) is 51.5 Å². The minimum Gasteiger partial charge on any atom is -0.507 e. The van der Waals surface area contributed by atoms with Crippen molar-refractivity contribution < 1.29 is 19.7 Å². The lowest BCUT2D eigenvalue weighted by Gasteiger charge is -2.27. The number of phenolic OH excluding ortho intramolecular Hbond substituents is 1. The summed E-state index contributed by atoms with van der Waals surface area (Å²) in [7, 11) is 1.70. The zero-order valence-electron chi connectivity index (χ0n) is 12.5. The van der Waals surface area contributed by atoms with Gasteiger partial charge in [0.05, 0.1) is 6.61 Å². The predicted octanol–water partition coefficient (Wildman–Crippen LogP) is 2.57. The van der Waals surface area contributed by atoms with Gasteiger partial charge < -0.3 is 20.3 Å². The van der Waals surface area contributed by atoms with Gasteiger partial charge in [-0.3, -0.25) is 4.79 Å². The van der Waals surface area contributed by atoms with Gasteiger partial charge in [0.1, 0.15) is 11.5 Å². The number of carbonyl (C=O) groups is 1. The Morgan fingerprint density at radius 3 is 2.87 bits per heavy atom. The summed E-state index contributed by atoms with van der Waals surface area (Å²) in [5.74, 6) is 0.401. The van der Waals surface area contributed by atoms with Crippen LogP contribution in [0.3, 0.4) is 0 Å². The normalized spacial score (nSPS) is 15.4. The van der Waals surface area contributed by atoms with Gasteiger partial charge in [0.25, 0.3) is 0 Å². The lowest BCUT2D eigenvalue weighted by atomic mass is 9.84. The molecule has 1 heterocycles. The first-order chi connectivity index (χ1) is 11.0. The monoisotopic (exact) mass is 377 g/mol. The number of ether oxygens (including phenoxy) is 1. The molecule has 120 valence electrons. The molecule has 0 spiro atoms. The second-order valence-corrected chi connectivity index (χ2v) is 6.23. The first-order valence-electron chi connectivity index (χ1n) is 7.16. The zero-order valence-corrected chi connectivity index (χ0v) is 14.1. The van der Waals surface area contributed by atoms with Gasteiger partial charge in [0, 0.05) is 40.8 Å². The summed E-state index contributed by atoms with van der Waals surface area (Å²) < 4.78 is 5.97. The molecular formula is C17H16BrNO4. The standard InChI is InChI=1S/C17H16BrNO4/c1-19-13-4-2-3-12(18)16(13)17(22,9-20)11-7-10-5-6-23-15(10)8-14(11)21/h2-4,7-9,19,21-22H,5-6H2,1H3. The Bertz CT molecular complexity index is 777. The lowest BCUT2D eigenvalue weighted by Crippen LogP contribution is -2.31. The van der Waals surface area contributed by atoms with Gasteiger partial charge in [0.2, 0.25) is 0 Å². The highest BCUT2D eigenvalue weighted by molar-refractivity contribution is 9.10. The molecule has 1 aliphatic heterocycles. The molecule has 1 atom stereocenters. The largest absolute Gasteiger partial charge is 0.507 e. The van der Waals surface area contributed by atoms with Gasteiger partial charge >= 0.3 is 0 Å². The number of nitrogens with one attached hydrogen (secondary N) is 1. The summed E-state index contributed by atoms with van der Waals surface area (Å²) in [5.41, 5.74) is -0.0479. The first kappa shape index (κ1) is 15.8. The van der Waals surface area contributed by atoms with E-state index in [4.69, 9.17) is 4.74 Å². The molecule has 23 heavy (non-hydrogen) atoms. The number of hydrogen-bond donors (Lipinski definition) is 3. The topological polar surface area (TPSA) is 78.8 Å². The minimum absolute atomic E-state index is 0.139. The van der Waals surface area contributed by atoms with Gasteiger partial charge in [-0.15, -0.1) is 0 Å². The smallest absolute Gasteiger partial charge is 0.177 e. The Hall–Kier alpha value is -2.05. The summed E-state index contributed by atoms with van der Waals surface area (Å²) in [4.78, 5) is 11.9. The number of anilines is 1. The lowest BCUT2D eigenvalue weighted by molar-refractivity contribution is -0.121. The molecule has 2 aromatic rings. The van der Waals surface area contributed by atoms with Crippen molar-refractivity contribution >= 4 is 27.9 Å². The zero-order chi connectivity index (χ0) is 16.6. The van der Waals surface area contributed by atoms with E-state index in [2.05, 4.69) is 21.2 Å². The highest BCUT2D eigenvalue weighted by atomic mass is 79.9. The third kappa shape index (κ3) is 2.48. The Morgan fingerprint density at radius 1 is 1.39 bits per heavy atom.